The van der Waals surface area contributed by atoms with Crippen LogP contribution in [0, 0.1) is 5.41 Å². The molecule has 0 radical (unpaired) electrons. The molecule has 254 valence electrons. The number of amides is 2. The number of ether oxygens (including phenoxy) is 1. The molecule has 1 saturated heterocycles. The van der Waals surface area contributed by atoms with E-state index in [2.05, 4.69) is 9.29 Å². The fourth-order valence-electron chi connectivity index (χ4n) is 7.75. The van der Waals surface area contributed by atoms with Gasteiger partial charge in [0.2, 0.25) is 5.91 Å². The van der Waals surface area contributed by atoms with Crippen LogP contribution in [0.15, 0.2) is 36.4 Å². The minimum Gasteiger partial charge on any atom is -0.497 e. The molecule has 0 bridgehead atoms. The number of halogens is 2. The molecular weight excluding hydrogens is 626 g/mol. The van der Waals surface area contributed by atoms with E-state index in [1.165, 1.54) is 26.1 Å². The van der Waals surface area contributed by atoms with Gasteiger partial charge in [0.05, 0.1) is 18.2 Å². The van der Waals surface area contributed by atoms with Crippen LogP contribution in [0.5, 0.6) is 5.75 Å². The third kappa shape index (κ3) is 5.92. The van der Waals surface area contributed by atoms with Crippen molar-refractivity contribution in [3.05, 3.63) is 53.1 Å². The average molecular weight is 671 g/mol. The van der Waals surface area contributed by atoms with Crippen molar-refractivity contribution < 1.29 is 31.5 Å². The highest BCUT2D eigenvalue weighted by molar-refractivity contribution is 7.87. The Hall–Kier alpha value is -3.51. The zero-order valence-electron chi connectivity index (χ0n) is 27.7. The van der Waals surface area contributed by atoms with Gasteiger partial charge in [-0.25, -0.2) is 13.5 Å². The van der Waals surface area contributed by atoms with Crippen LogP contribution in [0.25, 0.3) is 22.2 Å². The third-order valence-corrected chi connectivity index (χ3v) is 12.2. The van der Waals surface area contributed by atoms with E-state index < -0.39 is 27.5 Å². The van der Waals surface area contributed by atoms with Gasteiger partial charge >= 0.3 is 10.2 Å². The summed E-state index contributed by atoms with van der Waals surface area (Å²) in [6.45, 7) is 4.15. The number of aromatic nitrogens is 1. The lowest BCUT2D eigenvalue weighted by molar-refractivity contribution is -0.149. The van der Waals surface area contributed by atoms with Crippen molar-refractivity contribution in [3.8, 4) is 17.0 Å². The lowest BCUT2D eigenvalue weighted by Gasteiger charge is -2.41. The summed E-state index contributed by atoms with van der Waals surface area (Å²) in [7, 11) is 0.268. The maximum Gasteiger partial charge on any atom is 0.303 e. The van der Waals surface area contributed by atoms with Crippen LogP contribution in [0.3, 0.4) is 0 Å². The molecule has 1 aromatic heterocycles. The van der Waals surface area contributed by atoms with Gasteiger partial charge in [0.1, 0.15) is 5.75 Å². The molecule has 0 spiro atoms. The molecule has 3 heterocycles. The van der Waals surface area contributed by atoms with Crippen LogP contribution in [0.2, 0.25) is 0 Å². The number of hydrogen-bond donors (Lipinski definition) is 1. The highest BCUT2D eigenvalue weighted by atomic mass is 32.2. The zero-order chi connectivity index (χ0) is 33.9. The predicted molar refractivity (Wildman–Crippen MR) is 177 cm³/mol. The Morgan fingerprint density at radius 3 is 2.34 bits per heavy atom. The highest BCUT2D eigenvalue weighted by Gasteiger charge is 2.48. The number of fused-ring (bicyclic) bond motifs is 5. The number of rotatable bonds is 6. The monoisotopic (exact) mass is 670 g/mol. The second kappa shape index (κ2) is 12.2. The van der Waals surface area contributed by atoms with Crippen molar-refractivity contribution in [3.63, 3.8) is 0 Å². The van der Waals surface area contributed by atoms with E-state index in [9.17, 15) is 26.8 Å². The van der Waals surface area contributed by atoms with Gasteiger partial charge in [-0.05, 0) is 73.1 Å². The molecule has 3 aromatic rings. The Labute approximate surface area is 275 Å². The van der Waals surface area contributed by atoms with E-state index in [1.807, 2.05) is 38.1 Å². The molecule has 2 atom stereocenters. The van der Waals surface area contributed by atoms with Crippen molar-refractivity contribution in [2.24, 2.45) is 5.41 Å². The van der Waals surface area contributed by atoms with E-state index in [0.717, 1.165) is 57.7 Å². The highest BCUT2D eigenvalue weighted by Crippen LogP contribution is 2.53. The van der Waals surface area contributed by atoms with Crippen molar-refractivity contribution in [2.45, 2.75) is 83.1 Å². The van der Waals surface area contributed by atoms with E-state index in [0.29, 0.717) is 5.75 Å². The van der Waals surface area contributed by atoms with Crippen LogP contribution < -0.4 is 9.46 Å². The van der Waals surface area contributed by atoms with Crippen LogP contribution in [-0.2, 0) is 21.5 Å². The summed E-state index contributed by atoms with van der Waals surface area (Å²) in [5.41, 5.74) is 3.93. The lowest BCUT2D eigenvalue weighted by atomic mass is 9.72. The molecule has 2 fully saturated rings. The van der Waals surface area contributed by atoms with Gasteiger partial charge in [-0.3, -0.25) is 9.59 Å². The predicted octanol–water partition coefficient (Wildman–Crippen LogP) is 6.28. The van der Waals surface area contributed by atoms with E-state index >= 15 is 0 Å². The number of piperidine rings is 1. The quantitative estimate of drug-likeness (QED) is 0.333. The molecule has 3 aliphatic rings. The molecule has 2 aliphatic heterocycles. The average Bonchev–Trinajstić information content (AvgIpc) is 3.31. The topological polar surface area (TPSA) is 101 Å². The second-order valence-corrected chi connectivity index (χ2v) is 15.8. The van der Waals surface area contributed by atoms with Gasteiger partial charge in [0, 0.05) is 68.6 Å². The first-order valence-corrected chi connectivity index (χ1v) is 17.9. The van der Waals surface area contributed by atoms with E-state index in [1.54, 1.807) is 24.1 Å². The Morgan fingerprint density at radius 2 is 1.70 bits per heavy atom. The number of nitrogens with zero attached hydrogens (tertiary/aromatic N) is 3. The van der Waals surface area contributed by atoms with Gasteiger partial charge < -0.3 is 14.2 Å². The van der Waals surface area contributed by atoms with Gasteiger partial charge in [-0.1, -0.05) is 32.3 Å². The fourth-order valence-corrected chi connectivity index (χ4v) is 8.28. The molecule has 12 heteroatoms. The van der Waals surface area contributed by atoms with Crippen molar-refractivity contribution >= 4 is 32.9 Å². The molecule has 1 saturated carbocycles. The Balaban J connectivity index is 1.58. The summed E-state index contributed by atoms with van der Waals surface area (Å²) in [5, 5.41) is 0.961. The molecule has 2 unspecified atom stereocenters. The summed E-state index contributed by atoms with van der Waals surface area (Å²) < 4.78 is 64.3. The molecular formula is C35H44F2N4O5S. The number of nitrogens with one attached hydrogen (secondary N) is 1. The second-order valence-electron chi connectivity index (χ2n) is 13.9. The summed E-state index contributed by atoms with van der Waals surface area (Å²) in [5.74, 6) is -3.13. The summed E-state index contributed by atoms with van der Waals surface area (Å²) in [6, 6.07) is 11.2. The maximum atomic E-state index is 14.6. The molecule has 47 heavy (non-hydrogen) atoms. The van der Waals surface area contributed by atoms with Crippen LogP contribution >= 0.6 is 0 Å². The van der Waals surface area contributed by atoms with Gasteiger partial charge in [-0.2, -0.15) is 12.7 Å². The summed E-state index contributed by atoms with van der Waals surface area (Å²) in [6.07, 6.45) is 4.64. The maximum absolute atomic E-state index is 14.6. The Kier molecular flexibility index (Phi) is 8.65. The minimum atomic E-state index is -4.03. The van der Waals surface area contributed by atoms with Crippen LogP contribution in [0.1, 0.15) is 92.1 Å². The Morgan fingerprint density at radius 1 is 1.02 bits per heavy atom. The smallest absolute Gasteiger partial charge is 0.303 e. The number of carbonyl (C=O) groups excluding carboxylic acids is 2. The van der Waals surface area contributed by atoms with Crippen LogP contribution in [0.4, 0.5) is 8.78 Å². The fraction of sp³-hybridized carbons (Fsp3) is 0.543. The van der Waals surface area contributed by atoms with Gasteiger partial charge in [-0.15, -0.1) is 0 Å². The van der Waals surface area contributed by atoms with Gasteiger partial charge in [0.15, 0.2) is 0 Å². The number of hydrogen-bond acceptors (Lipinski definition) is 5. The third-order valence-electron chi connectivity index (χ3n) is 10.8. The standard InChI is InChI=1S/C35H44F2N4O5S/c1-22-28-20-25(46-5)12-14-26(28)31-30(23-9-7-6-8-10-23)27-13-11-24(32(42)38-47(44,45)39(3)4)19-29(27)41(31)21-34(22,2)33(43)40-17-15-35(36,37)16-18-40/h11-14,19-20,22-23H,6-10,15-18,21H2,1-5H3,(H,38,42). The van der Waals surface area contributed by atoms with Crippen LogP contribution in [-0.4, -0.2) is 74.2 Å². The normalized spacial score (nSPS) is 23.2. The number of benzene rings is 2. The molecule has 9 nitrogen and oxygen atoms in total. The minimum absolute atomic E-state index is 0.0175. The largest absolute Gasteiger partial charge is 0.497 e. The van der Waals surface area contributed by atoms with Crippen molar-refractivity contribution in [1.82, 2.24) is 18.5 Å². The molecule has 1 N–H and O–H groups in total. The molecule has 2 amide bonds. The summed E-state index contributed by atoms with van der Waals surface area (Å²) >= 11 is 0. The first kappa shape index (κ1) is 33.4. The SMILES string of the molecule is COc1ccc2c(c1)C(C)C(C)(C(=O)N1CCC(F)(F)CC1)Cn1c-2c(C2CCCCC2)c2ccc(C(=O)NS(=O)(=O)N(C)C)cc21. The Bertz CT molecular complexity index is 1820. The summed E-state index contributed by atoms with van der Waals surface area (Å²) in [4.78, 5) is 29.5. The molecule has 1 aliphatic carbocycles. The first-order valence-electron chi connectivity index (χ1n) is 16.4. The van der Waals surface area contributed by atoms with Gasteiger partial charge in [0.25, 0.3) is 11.8 Å². The molecule has 6 rings (SSSR count). The molecule has 2 aromatic carbocycles. The van der Waals surface area contributed by atoms with E-state index in [4.69, 9.17) is 4.74 Å². The van der Waals surface area contributed by atoms with E-state index in [-0.39, 0.29) is 55.8 Å². The number of alkyl halides is 2. The lowest BCUT2D eigenvalue weighted by Crippen LogP contribution is -2.51. The van der Waals surface area contributed by atoms with Crippen molar-refractivity contribution in [2.75, 3.05) is 34.3 Å². The number of methoxy groups -OCH3 is 1. The van der Waals surface area contributed by atoms with Crippen molar-refractivity contribution in [1.29, 1.82) is 0 Å². The number of likely N-dealkylation sites (tertiary alicyclic amines) is 1. The zero-order valence-corrected chi connectivity index (χ0v) is 28.6. The number of carbonyl (C=O) groups is 2. The first-order chi connectivity index (χ1) is 22.2.